The largest absolute Gasteiger partial charge is 0.497 e. The van der Waals surface area contributed by atoms with Crippen LogP contribution >= 0.6 is 31.9 Å². The Morgan fingerprint density at radius 2 is 1.95 bits per heavy atom. The Morgan fingerprint density at radius 1 is 1.19 bits per heavy atom. The van der Waals surface area contributed by atoms with E-state index < -0.39 is 0 Å². The number of hydrogen-bond acceptors (Lipinski definition) is 3. The van der Waals surface area contributed by atoms with Crippen molar-refractivity contribution in [2.24, 2.45) is 5.84 Å². The molecule has 21 heavy (non-hydrogen) atoms. The first kappa shape index (κ1) is 16.5. The minimum atomic E-state index is 0.0332. The van der Waals surface area contributed by atoms with Gasteiger partial charge in [0.1, 0.15) is 5.75 Å². The summed E-state index contributed by atoms with van der Waals surface area (Å²) in [5, 5.41) is 0. The van der Waals surface area contributed by atoms with Crippen molar-refractivity contribution < 1.29 is 4.74 Å². The maximum Gasteiger partial charge on any atom is 0.119 e. The minimum Gasteiger partial charge on any atom is -0.497 e. The smallest absolute Gasteiger partial charge is 0.119 e. The topological polar surface area (TPSA) is 47.3 Å². The Bertz CT molecular complexity index is 632. The number of rotatable bonds is 5. The maximum absolute atomic E-state index is 5.78. The van der Waals surface area contributed by atoms with Gasteiger partial charge in [0.2, 0.25) is 0 Å². The average Bonchev–Trinajstić information content (AvgIpc) is 2.49. The van der Waals surface area contributed by atoms with Gasteiger partial charge in [0.25, 0.3) is 0 Å². The van der Waals surface area contributed by atoms with Crippen molar-refractivity contribution in [2.75, 3.05) is 7.11 Å². The van der Waals surface area contributed by atoms with Gasteiger partial charge in [0.05, 0.1) is 13.2 Å². The molecule has 0 aliphatic carbocycles. The Labute approximate surface area is 142 Å². The number of nitrogens with two attached hydrogens (primary N) is 1. The Hall–Kier alpha value is -0.880. The van der Waals surface area contributed by atoms with Crippen molar-refractivity contribution in [1.82, 2.24) is 5.43 Å². The first-order valence-electron chi connectivity index (χ1n) is 6.60. The van der Waals surface area contributed by atoms with Gasteiger partial charge in [-0.2, -0.15) is 0 Å². The molecule has 0 amide bonds. The van der Waals surface area contributed by atoms with Crippen molar-refractivity contribution in [3.8, 4) is 5.75 Å². The zero-order valence-corrected chi connectivity index (χ0v) is 15.2. The fourth-order valence-corrected chi connectivity index (χ4v) is 3.10. The number of hydrazine groups is 1. The van der Waals surface area contributed by atoms with Crippen molar-refractivity contribution in [3.63, 3.8) is 0 Å². The van der Waals surface area contributed by atoms with E-state index in [9.17, 15) is 0 Å². The second-order valence-corrected chi connectivity index (χ2v) is 6.54. The van der Waals surface area contributed by atoms with Crippen LogP contribution in [-0.4, -0.2) is 7.11 Å². The summed E-state index contributed by atoms with van der Waals surface area (Å²) in [6, 6.07) is 12.1. The lowest BCUT2D eigenvalue weighted by Gasteiger charge is -2.20. The van der Waals surface area contributed by atoms with Gasteiger partial charge in [-0.1, -0.05) is 44.0 Å². The van der Waals surface area contributed by atoms with E-state index >= 15 is 0 Å². The summed E-state index contributed by atoms with van der Waals surface area (Å²) in [5.41, 5.74) is 6.44. The zero-order valence-electron chi connectivity index (χ0n) is 12.0. The SMILES string of the molecule is COc1ccc(Br)c(CC(NN)c2cccc(Br)c2C)c1. The lowest BCUT2D eigenvalue weighted by molar-refractivity contribution is 0.413. The van der Waals surface area contributed by atoms with Crippen LogP contribution in [0.25, 0.3) is 0 Å². The van der Waals surface area contributed by atoms with Gasteiger partial charge in [0, 0.05) is 8.95 Å². The molecule has 0 aliphatic rings. The molecule has 0 saturated carbocycles. The highest BCUT2D eigenvalue weighted by atomic mass is 79.9. The van der Waals surface area contributed by atoms with Crippen molar-refractivity contribution in [1.29, 1.82) is 0 Å². The van der Waals surface area contributed by atoms with Crippen LogP contribution in [0.3, 0.4) is 0 Å². The average molecular weight is 414 g/mol. The van der Waals surface area contributed by atoms with Gasteiger partial charge < -0.3 is 4.74 Å². The second kappa shape index (κ2) is 7.40. The van der Waals surface area contributed by atoms with Crippen molar-refractivity contribution in [2.45, 2.75) is 19.4 Å². The molecule has 0 saturated heterocycles. The molecule has 2 aromatic rings. The maximum atomic E-state index is 5.78. The summed E-state index contributed by atoms with van der Waals surface area (Å²) in [7, 11) is 1.67. The van der Waals surface area contributed by atoms with E-state index in [2.05, 4.69) is 50.3 Å². The van der Waals surface area contributed by atoms with Crippen LogP contribution in [0.5, 0.6) is 5.75 Å². The molecule has 3 nitrogen and oxygen atoms in total. The van der Waals surface area contributed by atoms with Crippen LogP contribution in [0.1, 0.15) is 22.7 Å². The van der Waals surface area contributed by atoms with Crippen LogP contribution in [-0.2, 0) is 6.42 Å². The molecule has 1 atom stereocenters. The molecule has 0 spiro atoms. The van der Waals surface area contributed by atoms with Gasteiger partial charge in [-0.15, -0.1) is 0 Å². The van der Waals surface area contributed by atoms with E-state index in [0.717, 1.165) is 26.7 Å². The molecule has 0 fully saturated rings. The highest BCUT2D eigenvalue weighted by Crippen LogP contribution is 2.30. The van der Waals surface area contributed by atoms with E-state index in [-0.39, 0.29) is 6.04 Å². The highest BCUT2D eigenvalue weighted by molar-refractivity contribution is 9.10. The van der Waals surface area contributed by atoms with Gasteiger partial charge in [0.15, 0.2) is 0 Å². The Morgan fingerprint density at radius 3 is 2.62 bits per heavy atom. The predicted molar refractivity (Wildman–Crippen MR) is 93.3 cm³/mol. The van der Waals surface area contributed by atoms with Gasteiger partial charge in [-0.3, -0.25) is 11.3 Å². The third-order valence-corrected chi connectivity index (χ3v) is 5.20. The monoisotopic (exact) mass is 412 g/mol. The molecule has 0 aromatic heterocycles. The number of halogens is 2. The zero-order chi connectivity index (χ0) is 15.4. The van der Waals surface area contributed by atoms with Crippen LogP contribution in [0.2, 0.25) is 0 Å². The molecule has 2 rings (SSSR count). The number of hydrogen-bond donors (Lipinski definition) is 2. The van der Waals surface area contributed by atoms with E-state index in [4.69, 9.17) is 10.6 Å². The fourth-order valence-electron chi connectivity index (χ4n) is 2.31. The van der Waals surface area contributed by atoms with Crippen molar-refractivity contribution in [3.05, 3.63) is 62.0 Å². The molecule has 1 unspecified atom stereocenters. The molecule has 112 valence electrons. The number of benzene rings is 2. The van der Waals surface area contributed by atoms with Gasteiger partial charge >= 0.3 is 0 Å². The number of nitrogens with one attached hydrogen (secondary N) is 1. The highest BCUT2D eigenvalue weighted by Gasteiger charge is 2.16. The molecule has 2 aromatic carbocycles. The summed E-state index contributed by atoms with van der Waals surface area (Å²) >= 11 is 7.16. The summed E-state index contributed by atoms with van der Waals surface area (Å²) in [6.45, 7) is 2.09. The van der Waals surface area contributed by atoms with E-state index in [1.54, 1.807) is 7.11 Å². The fraction of sp³-hybridized carbons (Fsp3) is 0.250. The molecule has 0 radical (unpaired) electrons. The van der Waals surface area contributed by atoms with E-state index in [0.29, 0.717) is 0 Å². The molecule has 0 heterocycles. The lowest BCUT2D eigenvalue weighted by Crippen LogP contribution is -2.30. The number of methoxy groups -OCH3 is 1. The standard InChI is InChI=1S/C16H18Br2N2O/c1-10-13(4-3-5-14(10)17)16(20-19)9-11-8-12(21-2)6-7-15(11)18/h3-8,16,20H,9,19H2,1-2H3. The summed E-state index contributed by atoms with van der Waals surface area (Å²) in [4.78, 5) is 0. The Kier molecular flexibility index (Phi) is 5.81. The first-order chi connectivity index (χ1) is 10.1. The summed E-state index contributed by atoms with van der Waals surface area (Å²) in [6.07, 6.45) is 0.769. The molecule has 3 N–H and O–H groups in total. The number of ether oxygens (including phenoxy) is 1. The van der Waals surface area contributed by atoms with Crippen molar-refractivity contribution >= 4 is 31.9 Å². The van der Waals surface area contributed by atoms with Crippen LogP contribution in [0.15, 0.2) is 45.3 Å². The molecular weight excluding hydrogens is 396 g/mol. The Balaban J connectivity index is 2.33. The normalized spacial score (nSPS) is 12.2. The van der Waals surface area contributed by atoms with E-state index in [1.165, 1.54) is 11.1 Å². The third-order valence-electron chi connectivity index (χ3n) is 3.56. The third kappa shape index (κ3) is 3.86. The van der Waals surface area contributed by atoms with Gasteiger partial charge in [-0.05, 0) is 54.3 Å². The summed E-state index contributed by atoms with van der Waals surface area (Å²) < 4.78 is 7.43. The lowest BCUT2D eigenvalue weighted by atomic mass is 9.96. The van der Waals surface area contributed by atoms with Gasteiger partial charge in [-0.25, -0.2) is 0 Å². The molecule has 0 aliphatic heterocycles. The second-order valence-electron chi connectivity index (χ2n) is 4.83. The van der Waals surface area contributed by atoms with Crippen LogP contribution in [0.4, 0.5) is 0 Å². The molecule has 0 bridgehead atoms. The molecular formula is C16H18Br2N2O. The minimum absolute atomic E-state index is 0.0332. The quantitative estimate of drug-likeness (QED) is 0.568. The van der Waals surface area contributed by atoms with Crippen LogP contribution in [0, 0.1) is 6.92 Å². The summed E-state index contributed by atoms with van der Waals surface area (Å²) in [5.74, 6) is 6.62. The first-order valence-corrected chi connectivity index (χ1v) is 8.19. The van der Waals surface area contributed by atoms with Crippen LogP contribution < -0.4 is 16.0 Å². The molecule has 5 heteroatoms. The predicted octanol–water partition coefficient (Wildman–Crippen LogP) is 4.28. The van der Waals surface area contributed by atoms with E-state index in [1.807, 2.05) is 30.3 Å².